The van der Waals surface area contributed by atoms with Gasteiger partial charge in [0.25, 0.3) is 0 Å². The van der Waals surface area contributed by atoms with E-state index in [0.29, 0.717) is 18.6 Å². The van der Waals surface area contributed by atoms with Crippen LogP contribution >= 0.6 is 17.0 Å². The molecule has 0 aliphatic heterocycles. The molecule has 0 aliphatic carbocycles. The second-order valence-electron chi connectivity index (χ2n) is 8.84. The van der Waals surface area contributed by atoms with E-state index in [1.807, 2.05) is 12.1 Å². The molecule has 5 heteroatoms. The van der Waals surface area contributed by atoms with Crippen molar-refractivity contribution in [2.24, 2.45) is 0 Å². The maximum atomic E-state index is 11.8. The van der Waals surface area contributed by atoms with Gasteiger partial charge in [0, 0.05) is 12.5 Å². The third kappa shape index (κ3) is 5.72. The van der Waals surface area contributed by atoms with Crippen LogP contribution in [0.4, 0.5) is 0 Å². The number of rotatable bonds is 8. The highest BCUT2D eigenvalue weighted by Gasteiger charge is 2.20. The van der Waals surface area contributed by atoms with Crippen LogP contribution < -0.4 is 5.62 Å². The van der Waals surface area contributed by atoms with Gasteiger partial charge >= 0.3 is 0 Å². The average Bonchev–Trinajstić information content (AvgIpc) is 3.05. The number of hydrogen-bond donors (Lipinski definition) is 1. The number of carbonyl (C=O) groups excluding carboxylic acids is 1. The third-order valence-corrected chi connectivity index (χ3v) is 6.16. The highest BCUT2D eigenvalue weighted by atomic mass is 79.9. The fourth-order valence-corrected chi connectivity index (χ4v) is 4.35. The molecular formula is C28H32BrN3O. The molecule has 4 aromatic rings. The molecular weight excluding hydrogens is 474 g/mol. The monoisotopic (exact) mass is 505 g/mol. The van der Waals surface area contributed by atoms with Gasteiger partial charge in [-0.2, -0.15) is 0 Å². The zero-order valence-electron chi connectivity index (χ0n) is 19.5. The molecule has 4 nitrogen and oxygen atoms in total. The minimum absolute atomic E-state index is 0. The maximum absolute atomic E-state index is 11.8. The van der Waals surface area contributed by atoms with E-state index in [-0.39, 0.29) is 28.8 Å². The molecule has 0 saturated carbocycles. The summed E-state index contributed by atoms with van der Waals surface area (Å²) < 4.78 is 4.21. The molecule has 0 bridgehead atoms. The van der Waals surface area contributed by atoms with E-state index in [2.05, 4.69) is 83.6 Å². The summed E-state index contributed by atoms with van der Waals surface area (Å²) in [4.78, 5) is 11.8. The van der Waals surface area contributed by atoms with Gasteiger partial charge in [0.1, 0.15) is 5.78 Å². The Morgan fingerprint density at radius 1 is 0.848 bits per heavy atom. The molecule has 0 radical (unpaired) electrons. The second-order valence-corrected chi connectivity index (χ2v) is 8.84. The van der Waals surface area contributed by atoms with Crippen molar-refractivity contribution in [2.45, 2.75) is 52.6 Å². The van der Waals surface area contributed by atoms with Gasteiger partial charge in [0.15, 0.2) is 0 Å². The molecule has 172 valence electrons. The molecule has 1 N–H and O–H groups in total. The SMILES string of the molecule is Br.CC(=O)CCC(Cc1ccc(C)cc1)n1c(=N)n(Cc2ccc(C)cc2)c2ccccc21. The van der Waals surface area contributed by atoms with Gasteiger partial charge in [0.2, 0.25) is 5.62 Å². The largest absolute Gasteiger partial charge is 0.307 e. The number of carbonyl (C=O) groups is 1. The molecule has 1 aromatic heterocycles. The molecule has 0 aliphatic rings. The van der Waals surface area contributed by atoms with Crippen LogP contribution in [0.1, 0.15) is 48.1 Å². The van der Waals surface area contributed by atoms with Crippen molar-refractivity contribution in [3.8, 4) is 0 Å². The Labute approximate surface area is 206 Å². The number of Topliss-reactive ketones (excluding diaryl/α,β-unsaturated/α-hetero) is 1. The Balaban J connectivity index is 0.00000306. The van der Waals surface area contributed by atoms with Crippen molar-refractivity contribution < 1.29 is 4.79 Å². The van der Waals surface area contributed by atoms with E-state index in [4.69, 9.17) is 5.41 Å². The van der Waals surface area contributed by atoms with E-state index in [1.54, 1.807) is 6.92 Å². The standard InChI is InChI=1S/C28H31N3O.BrH/c1-20-8-13-23(14-9-20)18-25(17-12-22(3)32)31-27-7-5-4-6-26(27)30(28(31)29)19-24-15-10-21(2)11-16-24;/h4-11,13-16,25,29H,12,17-19H2,1-3H3;1H. The van der Waals surface area contributed by atoms with Crippen molar-refractivity contribution in [1.82, 2.24) is 9.13 Å². The lowest BCUT2D eigenvalue weighted by Gasteiger charge is -2.20. The predicted molar refractivity (Wildman–Crippen MR) is 140 cm³/mol. The normalized spacial score (nSPS) is 11.8. The van der Waals surface area contributed by atoms with Crippen LogP contribution in [0.25, 0.3) is 11.0 Å². The number of para-hydroxylation sites is 2. The van der Waals surface area contributed by atoms with Gasteiger partial charge in [-0.25, -0.2) is 0 Å². The fourth-order valence-electron chi connectivity index (χ4n) is 4.35. The topological polar surface area (TPSA) is 50.8 Å². The number of fused-ring (bicyclic) bond motifs is 1. The Kier molecular flexibility index (Phi) is 8.09. The summed E-state index contributed by atoms with van der Waals surface area (Å²) in [6, 6.07) is 25.4. The first-order valence-electron chi connectivity index (χ1n) is 11.3. The zero-order valence-corrected chi connectivity index (χ0v) is 21.3. The number of aromatic nitrogens is 2. The van der Waals surface area contributed by atoms with Gasteiger partial charge in [-0.05, 0) is 56.9 Å². The molecule has 1 unspecified atom stereocenters. The first-order valence-corrected chi connectivity index (χ1v) is 11.3. The van der Waals surface area contributed by atoms with Crippen molar-refractivity contribution in [1.29, 1.82) is 5.41 Å². The Morgan fingerprint density at radius 3 is 1.97 bits per heavy atom. The number of imidazole rings is 1. The molecule has 1 heterocycles. The summed E-state index contributed by atoms with van der Waals surface area (Å²) >= 11 is 0. The molecule has 0 amide bonds. The molecule has 1 atom stereocenters. The number of aryl methyl sites for hydroxylation is 2. The Hall–Kier alpha value is -2.92. The summed E-state index contributed by atoms with van der Waals surface area (Å²) in [5, 5.41) is 9.12. The molecule has 4 rings (SSSR count). The van der Waals surface area contributed by atoms with Crippen LogP contribution in [0.15, 0.2) is 72.8 Å². The highest BCUT2D eigenvalue weighted by Crippen LogP contribution is 2.25. The third-order valence-electron chi connectivity index (χ3n) is 6.16. The van der Waals surface area contributed by atoms with E-state index in [9.17, 15) is 4.79 Å². The van der Waals surface area contributed by atoms with Crippen LogP contribution in [0.3, 0.4) is 0 Å². The summed E-state index contributed by atoms with van der Waals surface area (Å²) in [6.45, 7) is 6.47. The molecule has 0 spiro atoms. The number of nitrogens with one attached hydrogen (secondary N) is 1. The Bertz CT molecular complexity index is 1280. The average molecular weight is 506 g/mol. The van der Waals surface area contributed by atoms with E-state index >= 15 is 0 Å². The van der Waals surface area contributed by atoms with Gasteiger partial charge in [-0.15, -0.1) is 17.0 Å². The van der Waals surface area contributed by atoms with Crippen molar-refractivity contribution in [2.75, 3.05) is 0 Å². The number of benzene rings is 3. The second kappa shape index (κ2) is 10.8. The van der Waals surface area contributed by atoms with Gasteiger partial charge in [0.05, 0.1) is 17.6 Å². The van der Waals surface area contributed by atoms with Gasteiger partial charge in [-0.1, -0.05) is 71.8 Å². The number of hydrogen-bond acceptors (Lipinski definition) is 2. The quantitative estimate of drug-likeness (QED) is 0.299. The lowest BCUT2D eigenvalue weighted by atomic mass is 9.99. The van der Waals surface area contributed by atoms with Crippen molar-refractivity contribution in [3.05, 3.63) is 101 Å². The summed E-state index contributed by atoms with van der Waals surface area (Å²) in [6.07, 6.45) is 2.03. The highest BCUT2D eigenvalue weighted by molar-refractivity contribution is 8.93. The van der Waals surface area contributed by atoms with E-state index in [1.165, 1.54) is 22.3 Å². The Morgan fingerprint density at radius 2 is 1.39 bits per heavy atom. The van der Waals surface area contributed by atoms with Crippen LogP contribution in [0.2, 0.25) is 0 Å². The van der Waals surface area contributed by atoms with Crippen LogP contribution in [-0.2, 0) is 17.8 Å². The van der Waals surface area contributed by atoms with Gasteiger partial charge in [-0.3, -0.25) is 5.41 Å². The summed E-state index contributed by atoms with van der Waals surface area (Å²) in [5.41, 5.74) is 7.45. The summed E-state index contributed by atoms with van der Waals surface area (Å²) in [5.74, 6) is 0.189. The van der Waals surface area contributed by atoms with Crippen LogP contribution in [0.5, 0.6) is 0 Å². The first-order chi connectivity index (χ1) is 15.4. The fraction of sp³-hybridized carbons (Fsp3) is 0.286. The lowest BCUT2D eigenvalue weighted by molar-refractivity contribution is -0.117. The predicted octanol–water partition coefficient (Wildman–Crippen LogP) is 6.32. The first kappa shape index (κ1) is 24.7. The number of ketones is 1. The van der Waals surface area contributed by atoms with Gasteiger partial charge < -0.3 is 13.9 Å². The van der Waals surface area contributed by atoms with Crippen molar-refractivity contribution in [3.63, 3.8) is 0 Å². The number of nitrogens with zero attached hydrogens (tertiary/aromatic N) is 2. The summed E-state index contributed by atoms with van der Waals surface area (Å²) in [7, 11) is 0. The lowest BCUT2D eigenvalue weighted by Crippen LogP contribution is -2.29. The minimum atomic E-state index is 0. The minimum Gasteiger partial charge on any atom is -0.307 e. The zero-order chi connectivity index (χ0) is 22.7. The molecule has 0 fully saturated rings. The molecule has 33 heavy (non-hydrogen) atoms. The molecule has 3 aromatic carbocycles. The number of halogens is 1. The van der Waals surface area contributed by atoms with Crippen LogP contribution in [-0.4, -0.2) is 14.9 Å². The molecule has 0 saturated heterocycles. The maximum Gasteiger partial charge on any atom is 0.203 e. The van der Waals surface area contributed by atoms with E-state index in [0.717, 1.165) is 23.9 Å². The van der Waals surface area contributed by atoms with Crippen molar-refractivity contribution >= 4 is 33.8 Å². The van der Waals surface area contributed by atoms with E-state index < -0.39 is 0 Å². The smallest absolute Gasteiger partial charge is 0.203 e. The van der Waals surface area contributed by atoms with Crippen LogP contribution in [0, 0.1) is 19.3 Å².